The van der Waals surface area contributed by atoms with Gasteiger partial charge in [-0.15, -0.1) is 11.6 Å². The molecule has 1 atom stereocenters. The molecule has 0 amide bonds. The molecule has 0 saturated heterocycles. The van der Waals surface area contributed by atoms with Crippen LogP contribution in [-0.4, -0.2) is 17.6 Å². The maximum atomic E-state index is 6.09. The SMILES string of the molecule is ClCC1CC(c2ccccc2)=NN1c1ccccc1. The first-order chi connectivity index (χ1) is 9.38. The van der Waals surface area contributed by atoms with Crippen molar-refractivity contribution in [3.63, 3.8) is 0 Å². The predicted molar refractivity (Wildman–Crippen MR) is 81.0 cm³/mol. The van der Waals surface area contributed by atoms with Gasteiger partial charge >= 0.3 is 0 Å². The van der Waals surface area contributed by atoms with Gasteiger partial charge in [0.2, 0.25) is 0 Å². The molecule has 2 aromatic rings. The quantitative estimate of drug-likeness (QED) is 0.772. The van der Waals surface area contributed by atoms with Crippen molar-refractivity contribution in [2.24, 2.45) is 5.10 Å². The summed E-state index contributed by atoms with van der Waals surface area (Å²) in [6.45, 7) is 0. The van der Waals surface area contributed by atoms with Crippen molar-refractivity contribution in [3.8, 4) is 0 Å². The molecule has 1 unspecified atom stereocenters. The lowest BCUT2D eigenvalue weighted by Gasteiger charge is -2.21. The van der Waals surface area contributed by atoms with Crippen molar-refractivity contribution in [2.45, 2.75) is 12.5 Å². The van der Waals surface area contributed by atoms with E-state index in [-0.39, 0.29) is 6.04 Å². The van der Waals surface area contributed by atoms with Crippen molar-refractivity contribution >= 4 is 23.0 Å². The number of anilines is 1. The lowest BCUT2D eigenvalue weighted by atomic mass is 10.1. The highest BCUT2D eigenvalue weighted by molar-refractivity contribution is 6.19. The summed E-state index contributed by atoms with van der Waals surface area (Å²) in [5.41, 5.74) is 3.38. The zero-order chi connectivity index (χ0) is 13.1. The first-order valence-electron chi connectivity index (χ1n) is 6.41. The van der Waals surface area contributed by atoms with Gasteiger partial charge in [0, 0.05) is 12.3 Å². The zero-order valence-electron chi connectivity index (χ0n) is 10.5. The van der Waals surface area contributed by atoms with Gasteiger partial charge in [-0.3, -0.25) is 5.01 Å². The van der Waals surface area contributed by atoms with Crippen LogP contribution in [0.1, 0.15) is 12.0 Å². The molecule has 1 aliphatic heterocycles. The van der Waals surface area contributed by atoms with Gasteiger partial charge in [0.1, 0.15) is 0 Å². The second-order valence-corrected chi connectivity index (χ2v) is 4.91. The average Bonchev–Trinajstić information content (AvgIpc) is 2.93. The minimum Gasteiger partial charge on any atom is -0.261 e. The van der Waals surface area contributed by atoms with E-state index in [2.05, 4.69) is 24.3 Å². The molecule has 0 fully saturated rings. The Morgan fingerprint density at radius 1 is 1.00 bits per heavy atom. The van der Waals surface area contributed by atoms with Gasteiger partial charge in [-0.05, 0) is 17.7 Å². The third-order valence-electron chi connectivity index (χ3n) is 3.31. The summed E-state index contributed by atoms with van der Waals surface area (Å²) in [7, 11) is 0. The molecule has 0 aromatic heterocycles. The van der Waals surface area contributed by atoms with Crippen LogP contribution < -0.4 is 5.01 Å². The van der Waals surface area contributed by atoms with Gasteiger partial charge < -0.3 is 0 Å². The minimum atomic E-state index is 0.235. The van der Waals surface area contributed by atoms with Crippen molar-refractivity contribution < 1.29 is 0 Å². The molecule has 3 heteroatoms. The van der Waals surface area contributed by atoms with Crippen molar-refractivity contribution in [3.05, 3.63) is 66.2 Å². The number of para-hydroxylation sites is 1. The van der Waals surface area contributed by atoms with Gasteiger partial charge in [-0.25, -0.2) is 0 Å². The number of hydrazone groups is 1. The summed E-state index contributed by atoms with van der Waals surface area (Å²) in [4.78, 5) is 0. The third kappa shape index (κ3) is 2.49. The Balaban J connectivity index is 1.93. The van der Waals surface area contributed by atoms with Gasteiger partial charge in [0.15, 0.2) is 0 Å². The fraction of sp³-hybridized carbons (Fsp3) is 0.188. The maximum absolute atomic E-state index is 6.09. The highest BCUT2D eigenvalue weighted by Crippen LogP contribution is 2.27. The standard InChI is InChI=1S/C16H15ClN2/c17-12-15-11-16(13-7-3-1-4-8-13)18-19(15)14-9-5-2-6-10-14/h1-10,15H,11-12H2. The third-order valence-corrected chi connectivity index (χ3v) is 3.67. The molecule has 2 aromatic carbocycles. The molecule has 0 aliphatic carbocycles. The van der Waals surface area contributed by atoms with Crippen molar-refractivity contribution in [1.82, 2.24) is 0 Å². The molecule has 0 spiro atoms. The van der Waals surface area contributed by atoms with Crippen LogP contribution in [0.25, 0.3) is 0 Å². The Kier molecular flexibility index (Phi) is 3.51. The monoisotopic (exact) mass is 270 g/mol. The molecule has 0 N–H and O–H groups in total. The molecule has 1 aliphatic rings. The molecule has 0 saturated carbocycles. The molecule has 3 rings (SSSR count). The molecule has 0 bridgehead atoms. The van der Waals surface area contributed by atoms with Crippen LogP contribution in [0.2, 0.25) is 0 Å². The topological polar surface area (TPSA) is 15.6 Å². The minimum absolute atomic E-state index is 0.235. The summed E-state index contributed by atoms with van der Waals surface area (Å²) in [6.07, 6.45) is 0.891. The number of nitrogens with zero attached hydrogens (tertiary/aromatic N) is 2. The Morgan fingerprint density at radius 3 is 2.26 bits per heavy atom. The van der Waals surface area contributed by atoms with Crippen LogP contribution in [-0.2, 0) is 0 Å². The Morgan fingerprint density at radius 2 is 1.63 bits per heavy atom. The molecule has 96 valence electrons. The van der Waals surface area contributed by atoms with E-state index in [1.807, 2.05) is 41.4 Å². The fourth-order valence-corrected chi connectivity index (χ4v) is 2.58. The van der Waals surface area contributed by atoms with Gasteiger partial charge in [0.25, 0.3) is 0 Å². The van der Waals surface area contributed by atoms with Crippen molar-refractivity contribution in [2.75, 3.05) is 10.9 Å². The van der Waals surface area contributed by atoms with E-state index in [9.17, 15) is 0 Å². The average molecular weight is 271 g/mol. The van der Waals surface area contributed by atoms with E-state index < -0.39 is 0 Å². The summed E-state index contributed by atoms with van der Waals surface area (Å²) in [5.74, 6) is 0.578. The first kappa shape index (κ1) is 12.2. The van der Waals surface area contributed by atoms with Crippen LogP contribution in [0.5, 0.6) is 0 Å². The fourth-order valence-electron chi connectivity index (χ4n) is 2.34. The lowest BCUT2D eigenvalue weighted by molar-refractivity contribution is 0.730. The Labute approximate surface area is 118 Å². The summed E-state index contributed by atoms with van der Waals surface area (Å²) < 4.78 is 0. The number of hydrogen-bond acceptors (Lipinski definition) is 2. The highest BCUT2D eigenvalue weighted by atomic mass is 35.5. The highest BCUT2D eigenvalue weighted by Gasteiger charge is 2.27. The van der Waals surface area contributed by atoms with Crippen LogP contribution in [0.4, 0.5) is 5.69 Å². The van der Waals surface area contributed by atoms with E-state index >= 15 is 0 Å². The number of benzene rings is 2. The number of alkyl halides is 1. The largest absolute Gasteiger partial charge is 0.261 e. The molecule has 0 radical (unpaired) electrons. The second-order valence-electron chi connectivity index (χ2n) is 4.61. The first-order valence-corrected chi connectivity index (χ1v) is 6.95. The number of hydrogen-bond donors (Lipinski definition) is 0. The molecular formula is C16H15ClN2. The smallest absolute Gasteiger partial charge is 0.0717 e. The molecule has 1 heterocycles. The second kappa shape index (κ2) is 5.45. The summed E-state index contributed by atoms with van der Waals surface area (Å²) >= 11 is 6.09. The Hall–Kier alpha value is -1.80. The predicted octanol–water partition coefficient (Wildman–Crippen LogP) is 3.91. The van der Waals surface area contributed by atoms with Crippen LogP contribution >= 0.6 is 11.6 Å². The van der Waals surface area contributed by atoms with E-state index in [4.69, 9.17) is 16.7 Å². The molecule has 2 nitrogen and oxygen atoms in total. The normalized spacial score (nSPS) is 18.5. The van der Waals surface area contributed by atoms with E-state index in [1.54, 1.807) is 0 Å². The number of rotatable bonds is 3. The summed E-state index contributed by atoms with van der Waals surface area (Å²) in [6, 6.07) is 20.7. The van der Waals surface area contributed by atoms with Crippen LogP contribution in [0.3, 0.4) is 0 Å². The molecule has 19 heavy (non-hydrogen) atoms. The lowest BCUT2D eigenvalue weighted by Crippen LogP contribution is -2.27. The van der Waals surface area contributed by atoms with Crippen LogP contribution in [0.15, 0.2) is 65.8 Å². The molecular weight excluding hydrogens is 256 g/mol. The number of halogens is 1. The van der Waals surface area contributed by atoms with E-state index in [0.29, 0.717) is 5.88 Å². The maximum Gasteiger partial charge on any atom is 0.0717 e. The van der Waals surface area contributed by atoms with E-state index in [0.717, 1.165) is 17.8 Å². The zero-order valence-corrected chi connectivity index (χ0v) is 11.3. The van der Waals surface area contributed by atoms with Gasteiger partial charge in [0.05, 0.1) is 17.4 Å². The van der Waals surface area contributed by atoms with Crippen LogP contribution in [0, 0.1) is 0 Å². The van der Waals surface area contributed by atoms with Crippen molar-refractivity contribution in [1.29, 1.82) is 0 Å². The van der Waals surface area contributed by atoms with Gasteiger partial charge in [-0.1, -0.05) is 48.5 Å². The summed E-state index contributed by atoms with van der Waals surface area (Å²) in [5, 5.41) is 6.78. The Bertz CT molecular complexity index is 566. The van der Waals surface area contributed by atoms with E-state index in [1.165, 1.54) is 5.56 Å². The van der Waals surface area contributed by atoms with Gasteiger partial charge in [-0.2, -0.15) is 5.10 Å².